The van der Waals surface area contributed by atoms with Gasteiger partial charge >= 0.3 is 6.09 Å². The Labute approximate surface area is 162 Å². The number of amides is 1. The highest BCUT2D eigenvalue weighted by atomic mass is 16.6. The molecular formula is C24H29NO2. The predicted octanol–water partition coefficient (Wildman–Crippen LogP) is 5.64. The van der Waals surface area contributed by atoms with Crippen LogP contribution in [-0.2, 0) is 11.2 Å². The van der Waals surface area contributed by atoms with E-state index in [4.69, 9.17) is 4.74 Å². The normalized spacial score (nSPS) is 24.3. The third-order valence-corrected chi connectivity index (χ3v) is 6.03. The summed E-state index contributed by atoms with van der Waals surface area (Å²) in [6, 6.07) is 17.7. The molecule has 3 heteroatoms. The number of carbonyl (C=O) groups excluding carboxylic acids is 1. The van der Waals surface area contributed by atoms with Crippen molar-refractivity contribution in [2.75, 3.05) is 6.54 Å². The first-order valence-electron chi connectivity index (χ1n) is 10.0. The van der Waals surface area contributed by atoms with E-state index in [9.17, 15) is 4.79 Å². The van der Waals surface area contributed by atoms with Crippen molar-refractivity contribution in [3.63, 3.8) is 0 Å². The van der Waals surface area contributed by atoms with Crippen LogP contribution in [0.4, 0.5) is 4.79 Å². The van der Waals surface area contributed by atoms with Gasteiger partial charge in [-0.2, -0.15) is 0 Å². The second kappa shape index (κ2) is 6.70. The number of hydrogen-bond acceptors (Lipinski definition) is 2. The van der Waals surface area contributed by atoms with Crippen LogP contribution in [0.3, 0.4) is 0 Å². The Morgan fingerprint density at radius 3 is 2.52 bits per heavy atom. The van der Waals surface area contributed by atoms with Gasteiger partial charge in [0.1, 0.15) is 5.60 Å². The average molecular weight is 364 g/mol. The van der Waals surface area contributed by atoms with E-state index in [1.165, 1.54) is 22.3 Å². The highest BCUT2D eigenvalue weighted by Crippen LogP contribution is 2.45. The average Bonchev–Trinajstić information content (AvgIpc) is 2.61. The predicted molar refractivity (Wildman–Crippen MR) is 109 cm³/mol. The van der Waals surface area contributed by atoms with Gasteiger partial charge in [-0.15, -0.1) is 0 Å². The lowest BCUT2D eigenvalue weighted by Crippen LogP contribution is -2.54. The maximum absolute atomic E-state index is 12.7. The molecule has 27 heavy (non-hydrogen) atoms. The summed E-state index contributed by atoms with van der Waals surface area (Å²) < 4.78 is 5.67. The van der Waals surface area contributed by atoms with Gasteiger partial charge in [0, 0.05) is 12.6 Å². The van der Waals surface area contributed by atoms with Crippen LogP contribution in [-0.4, -0.2) is 29.2 Å². The molecule has 0 radical (unpaired) electrons. The molecule has 1 heterocycles. The number of fused-ring (bicyclic) bond motifs is 4. The van der Waals surface area contributed by atoms with Crippen molar-refractivity contribution >= 4 is 6.09 Å². The van der Waals surface area contributed by atoms with Gasteiger partial charge in [0.15, 0.2) is 0 Å². The van der Waals surface area contributed by atoms with Gasteiger partial charge in [-0.1, -0.05) is 55.5 Å². The molecule has 1 fully saturated rings. The van der Waals surface area contributed by atoms with Gasteiger partial charge in [0.2, 0.25) is 0 Å². The number of piperidine rings is 1. The highest BCUT2D eigenvalue weighted by Gasteiger charge is 2.43. The van der Waals surface area contributed by atoms with Crippen LogP contribution in [0.15, 0.2) is 48.5 Å². The van der Waals surface area contributed by atoms with Crippen molar-refractivity contribution in [3.05, 3.63) is 59.7 Å². The van der Waals surface area contributed by atoms with Crippen molar-refractivity contribution in [3.8, 4) is 11.1 Å². The quantitative estimate of drug-likeness (QED) is 0.656. The van der Waals surface area contributed by atoms with Crippen molar-refractivity contribution in [2.45, 2.75) is 58.1 Å². The number of benzene rings is 2. The zero-order chi connectivity index (χ0) is 19.2. The Morgan fingerprint density at radius 1 is 1.07 bits per heavy atom. The molecule has 0 aromatic heterocycles. The fourth-order valence-corrected chi connectivity index (χ4v) is 4.70. The molecule has 2 aliphatic rings. The molecule has 0 N–H and O–H groups in total. The molecular weight excluding hydrogens is 334 g/mol. The molecule has 1 amide bonds. The smallest absolute Gasteiger partial charge is 0.410 e. The summed E-state index contributed by atoms with van der Waals surface area (Å²) in [5.41, 5.74) is 4.96. The lowest BCUT2D eigenvalue weighted by Gasteiger charge is -2.48. The Kier molecular flexibility index (Phi) is 4.49. The minimum atomic E-state index is -0.450. The van der Waals surface area contributed by atoms with Gasteiger partial charge in [0.25, 0.3) is 0 Å². The first kappa shape index (κ1) is 18.1. The summed E-state index contributed by atoms with van der Waals surface area (Å²) in [5.74, 6) is 0.964. The Balaban J connectivity index is 1.63. The Bertz CT molecular complexity index is 837. The minimum absolute atomic E-state index is 0.165. The van der Waals surface area contributed by atoms with Gasteiger partial charge in [0.05, 0.1) is 0 Å². The summed E-state index contributed by atoms with van der Waals surface area (Å²) >= 11 is 0. The van der Waals surface area contributed by atoms with Crippen LogP contribution in [0.2, 0.25) is 0 Å². The van der Waals surface area contributed by atoms with Crippen LogP contribution in [0.5, 0.6) is 0 Å². The first-order valence-corrected chi connectivity index (χ1v) is 10.0. The number of nitrogens with zero attached hydrogens (tertiary/aromatic N) is 1. The van der Waals surface area contributed by atoms with E-state index in [0.29, 0.717) is 11.8 Å². The molecule has 142 valence electrons. The molecule has 3 nitrogen and oxygen atoms in total. The topological polar surface area (TPSA) is 29.5 Å². The monoisotopic (exact) mass is 363 g/mol. The fraction of sp³-hybridized carbons (Fsp3) is 0.458. The van der Waals surface area contributed by atoms with E-state index in [0.717, 1.165) is 19.4 Å². The standard InChI is InChI=1S/C24H29NO2/c1-16-20-12-13-25(23(26)27-24(2,3)4)22(16)15-19-11-10-18(14-21(19)20)17-8-6-5-7-9-17/h5-11,14,16,20,22H,12-13,15H2,1-4H3/t16-,20+,22+/m0/s1. The summed E-state index contributed by atoms with van der Waals surface area (Å²) in [7, 11) is 0. The lowest BCUT2D eigenvalue weighted by molar-refractivity contribution is -0.00402. The van der Waals surface area contributed by atoms with E-state index in [2.05, 4.69) is 55.5 Å². The SMILES string of the molecule is C[C@@H]1[C@H]2Cc3ccc(-c4ccccc4)cc3[C@@H]1CCN2C(=O)OC(C)(C)C. The molecule has 0 unspecified atom stereocenters. The summed E-state index contributed by atoms with van der Waals surface area (Å²) in [6.45, 7) is 8.88. The van der Waals surface area contributed by atoms with Crippen LogP contribution < -0.4 is 0 Å². The van der Waals surface area contributed by atoms with Crippen molar-refractivity contribution in [1.82, 2.24) is 4.90 Å². The third-order valence-electron chi connectivity index (χ3n) is 6.03. The molecule has 1 aliphatic heterocycles. The zero-order valence-electron chi connectivity index (χ0n) is 16.7. The summed E-state index contributed by atoms with van der Waals surface area (Å²) in [4.78, 5) is 14.7. The molecule has 2 aromatic rings. The van der Waals surface area contributed by atoms with Gasteiger partial charge in [-0.25, -0.2) is 4.79 Å². The Morgan fingerprint density at radius 2 is 1.81 bits per heavy atom. The van der Waals surface area contributed by atoms with E-state index < -0.39 is 5.60 Å². The lowest BCUT2D eigenvalue weighted by atomic mass is 9.68. The van der Waals surface area contributed by atoms with Crippen LogP contribution in [0.25, 0.3) is 11.1 Å². The molecule has 2 aromatic carbocycles. The van der Waals surface area contributed by atoms with Crippen molar-refractivity contribution < 1.29 is 9.53 Å². The number of likely N-dealkylation sites (tertiary alicyclic amines) is 1. The van der Waals surface area contributed by atoms with Gasteiger partial charge in [-0.05, 0) is 67.7 Å². The van der Waals surface area contributed by atoms with E-state index in [1.54, 1.807) is 0 Å². The molecule has 1 saturated heterocycles. The number of carbonyl (C=O) groups is 1. The fourth-order valence-electron chi connectivity index (χ4n) is 4.70. The second-order valence-electron chi connectivity index (χ2n) is 8.98. The van der Waals surface area contributed by atoms with E-state index in [-0.39, 0.29) is 12.1 Å². The zero-order valence-corrected chi connectivity index (χ0v) is 16.7. The third kappa shape index (κ3) is 3.47. The van der Waals surface area contributed by atoms with Crippen LogP contribution in [0.1, 0.15) is 51.2 Å². The summed E-state index contributed by atoms with van der Waals surface area (Å²) in [6.07, 6.45) is 1.76. The van der Waals surface area contributed by atoms with E-state index >= 15 is 0 Å². The van der Waals surface area contributed by atoms with Crippen molar-refractivity contribution in [2.24, 2.45) is 5.92 Å². The van der Waals surface area contributed by atoms with Crippen LogP contribution >= 0.6 is 0 Å². The molecule has 3 atom stereocenters. The molecule has 2 bridgehead atoms. The van der Waals surface area contributed by atoms with Crippen molar-refractivity contribution in [1.29, 1.82) is 0 Å². The Hall–Kier alpha value is -2.29. The second-order valence-corrected chi connectivity index (χ2v) is 8.98. The number of ether oxygens (including phenoxy) is 1. The maximum atomic E-state index is 12.7. The molecule has 1 aliphatic carbocycles. The van der Waals surface area contributed by atoms with Gasteiger partial charge in [-0.3, -0.25) is 0 Å². The summed E-state index contributed by atoms with van der Waals surface area (Å²) in [5, 5.41) is 0. The maximum Gasteiger partial charge on any atom is 0.410 e. The van der Waals surface area contributed by atoms with Crippen LogP contribution in [0, 0.1) is 5.92 Å². The highest BCUT2D eigenvalue weighted by molar-refractivity contribution is 5.70. The molecule has 0 spiro atoms. The number of hydrogen-bond donors (Lipinski definition) is 0. The first-order chi connectivity index (χ1) is 12.8. The molecule has 4 rings (SSSR count). The molecule has 0 saturated carbocycles. The largest absolute Gasteiger partial charge is 0.444 e. The number of rotatable bonds is 1. The van der Waals surface area contributed by atoms with Gasteiger partial charge < -0.3 is 9.64 Å². The minimum Gasteiger partial charge on any atom is -0.444 e. The van der Waals surface area contributed by atoms with E-state index in [1.807, 2.05) is 25.7 Å².